The molecule has 33 heavy (non-hydrogen) atoms. The summed E-state index contributed by atoms with van der Waals surface area (Å²) in [7, 11) is 0. The third-order valence-electron chi connectivity index (χ3n) is 4.49. The van der Waals surface area contributed by atoms with Gasteiger partial charge in [-0.05, 0) is 19.3 Å². The molecule has 0 saturated heterocycles. The van der Waals surface area contributed by atoms with Gasteiger partial charge < -0.3 is 19.3 Å². The lowest BCUT2D eigenvalue weighted by Crippen LogP contribution is -2.37. The van der Waals surface area contributed by atoms with Gasteiger partial charge in [-0.3, -0.25) is 9.79 Å². The van der Waals surface area contributed by atoms with Crippen LogP contribution in [-0.2, 0) is 14.4 Å². The van der Waals surface area contributed by atoms with Crippen LogP contribution >= 0.6 is 11.8 Å². The molecule has 2 unspecified atom stereocenters. The maximum Gasteiger partial charge on any atom is 0.339 e. The van der Waals surface area contributed by atoms with Gasteiger partial charge in [-0.1, -0.05) is 45.0 Å². The van der Waals surface area contributed by atoms with Crippen LogP contribution in [0.2, 0.25) is 0 Å². The zero-order valence-corrected chi connectivity index (χ0v) is 20.3. The summed E-state index contributed by atoms with van der Waals surface area (Å²) >= 11 is 1.37. The lowest BCUT2D eigenvalue weighted by atomic mass is 10.1. The van der Waals surface area contributed by atoms with Gasteiger partial charge in [0.05, 0.1) is 18.5 Å². The minimum absolute atomic E-state index is 0.175. The quantitative estimate of drug-likeness (QED) is 0.211. The summed E-state index contributed by atoms with van der Waals surface area (Å²) in [5.74, 6) is 0.577. The summed E-state index contributed by atoms with van der Waals surface area (Å²) in [6, 6.07) is 1.72. The summed E-state index contributed by atoms with van der Waals surface area (Å²) in [4.78, 5) is 45.9. The zero-order valence-electron chi connectivity index (χ0n) is 19.5. The number of ether oxygens (including phenoxy) is 1. The van der Waals surface area contributed by atoms with Gasteiger partial charge >= 0.3 is 11.6 Å². The molecule has 180 valence electrons. The molecule has 0 fully saturated rings. The fourth-order valence-electron chi connectivity index (χ4n) is 2.96. The van der Waals surface area contributed by atoms with Crippen molar-refractivity contribution in [2.45, 2.75) is 59.0 Å². The lowest BCUT2D eigenvalue weighted by molar-refractivity contribution is -0.144. The number of rotatable bonds is 12. The number of aliphatic imine (C=N–C) groups is 1. The normalized spacial score (nSPS) is 16.8. The Labute approximate surface area is 197 Å². The first-order valence-corrected chi connectivity index (χ1v) is 11.9. The number of hydrogen-bond acceptors (Lipinski definition) is 9. The zero-order chi connectivity index (χ0) is 24.4. The third-order valence-corrected chi connectivity index (χ3v) is 5.65. The maximum atomic E-state index is 12.9. The topological polar surface area (TPSA) is 120 Å². The van der Waals surface area contributed by atoms with Crippen molar-refractivity contribution in [3.8, 4) is 5.75 Å². The number of oxime groups is 1. The summed E-state index contributed by atoms with van der Waals surface area (Å²) in [6.45, 7) is 11.3. The van der Waals surface area contributed by atoms with Crippen LogP contribution < -0.4 is 15.7 Å². The third kappa shape index (κ3) is 8.53. The monoisotopic (exact) mass is 477 g/mol. The van der Waals surface area contributed by atoms with Gasteiger partial charge in [0.15, 0.2) is 0 Å². The van der Waals surface area contributed by atoms with E-state index in [9.17, 15) is 14.4 Å². The first kappa shape index (κ1) is 26.4. The molecule has 0 saturated carbocycles. The van der Waals surface area contributed by atoms with E-state index in [1.54, 1.807) is 19.1 Å². The largest absolute Gasteiger partial charge is 0.489 e. The summed E-state index contributed by atoms with van der Waals surface area (Å²) in [6.07, 6.45) is 3.18. The molecule has 1 amide bonds. The highest BCUT2D eigenvalue weighted by Crippen LogP contribution is 2.24. The van der Waals surface area contributed by atoms with Gasteiger partial charge in [0, 0.05) is 11.8 Å². The van der Waals surface area contributed by atoms with E-state index in [4.69, 9.17) is 14.0 Å². The van der Waals surface area contributed by atoms with E-state index >= 15 is 0 Å². The predicted molar refractivity (Wildman–Crippen MR) is 129 cm³/mol. The molecule has 1 aliphatic heterocycles. The maximum absolute atomic E-state index is 12.9. The average Bonchev–Trinajstić information content (AvgIpc) is 3.25. The number of hydrogen-bond donors (Lipinski definition) is 1. The Morgan fingerprint density at radius 3 is 2.85 bits per heavy atom. The minimum atomic E-state index is -0.632. The van der Waals surface area contributed by atoms with Crippen LogP contribution in [-0.4, -0.2) is 41.0 Å². The fraction of sp³-hybridized carbons (Fsp3) is 0.522. The Hall–Kier alpha value is -2.88. The van der Waals surface area contributed by atoms with Crippen LogP contribution in [0.15, 0.2) is 44.1 Å². The SMILES string of the molecule is C=CCOc1cc(C(CCC)NC(=O)C2CSC(/C(C)=N/OC(=O)CC(C)C)=N2)oc(=O)c1. The number of amides is 1. The van der Waals surface area contributed by atoms with E-state index in [0.29, 0.717) is 34.4 Å². The Kier molecular flexibility index (Phi) is 10.4. The second-order valence-electron chi connectivity index (χ2n) is 7.96. The summed E-state index contributed by atoms with van der Waals surface area (Å²) < 4.78 is 10.8. The van der Waals surface area contributed by atoms with Gasteiger partial charge in [-0.25, -0.2) is 9.59 Å². The number of nitrogens with zero attached hydrogens (tertiary/aromatic N) is 2. The number of carbonyl (C=O) groups excluding carboxylic acids is 2. The van der Waals surface area contributed by atoms with Crippen LogP contribution in [0.3, 0.4) is 0 Å². The van der Waals surface area contributed by atoms with Crippen LogP contribution in [0, 0.1) is 5.92 Å². The highest BCUT2D eigenvalue weighted by Gasteiger charge is 2.29. The van der Waals surface area contributed by atoms with Crippen molar-refractivity contribution in [1.29, 1.82) is 0 Å². The van der Waals surface area contributed by atoms with Gasteiger partial charge in [-0.2, -0.15) is 0 Å². The summed E-state index contributed by atoms with van der Waals surface area (Å²) in [5, 5.41) is 7.32. The van der Waals surface area contributed by atoms with Crippen molar-refractivity contribution in [2.75, 3.05) is 12.4 Å². The van der Waals surface area contributed by atoms with Gasteiger partial charge in [0.25, 0.3) is 0 Å². The van der Waals surface area contributed by atoms with Crippen molar-refractivity contribution in [3.63, 3.8) is 0 Å². The van der Waals surface area contributed by atoms with E-state index in [0.717, 1.165) is 6.42 Å². The molecule has 0 bridgehead atoms. The van der Waals surface area contributed by atoms with E-state index in [1.807, 2.05) is 20.8 Å². The molecule has 1 aliphatic rings. The van der Waals surface area contributed by atoms with E-state index in [-0.39, 0.29) is 24.9 Å². The molecule has 0 aromatic carbocycles. The highest BCUT2D eigenvalue weighted by atomic mass is 32.2. The molecule has 1 aromatic heterocycles. The average molecular weight is 478 g/mol. The lowest BCUT2D eigenvalue weighted by Gasteiger charge is -2.19. The second kappa shape index (κ2) is 13.0. The molecular formula is C23H31N3O6S. The summed E-state index contributed by atoms with van der Waals surface area (Å²) in [5.41, 5.74) is -0.118. The Bertz CT molecular complexity index is 969. The smallest absolute Gasteiger partial charge is 0.339 e. The van der Waals surface area contributed by atoms with Crippen LogP contribution in [0.25, 0.3) is 0 Å². The molecule has 2 rings (SSSR count). The van der Waals surface area contributed by atoms with Gasteiger partial charge in [0.1, 0.15) is 34.9 Å². The van der Waals surface area contributed by atoms with Crippen molar-refractivity contribution >= 4 is 34.4 Å². The molecule has 9 nitrogen and oxygen atoms in total. The first-order valence-electron chi connectivity index (χ1n) is 10.9. The predicted octanol–water partition coefficient (Wildman–Crippen LogP) is 3.64. The van der Waals surface area contributed by atoms with Crippen LogP contribution in [0.4, 0.5) is 0 Å². The van der Waals surface area contributed by atoms with Crippen molar-refractivity contribution < 1.29 is 23.6 Å². The fourth-order valence-corrected chi connectivity index (χ4v) is 3.95. The molecule has 10 heteroatoms. The number of carbonyl (C=O) groups is 2. The molecule has 2 heterocycles. The minimum Gasteiger partial charge on any atom is -0.489 e. The van der Waals surface area contributed by atoms with E-state index in [2.05, 4.69) is 22.0 Å². The number of thioether (sulfide) groups is 1. The standard InChI is InChI=1S/C23H31N3O6S/c1-6-8-17(19-11-16(30-9-7-2)12-20(27)31-19)24-22(29)18-13-33-23(25-18)15(5)26-32-21(28)10-14(3)4/h7,11-12,14,17-18H,2,6,8-10,13H2,1,3-5H3,(H,24,29)/b26-15+. The van der Waals surface area contributed by atoms with E-state index < -0.39 is 23.7 Å². The Balaban J connectivity index is 2.08. The van der Waals surface area contributed by atoms with Crippen LogP contribution in [0.5, 0.6) is 5.75 Å². The highest BCUT2D eigenvalue weighted by molar-refractivity contribution is 8.16. The first-order chi connectivity index (χ1) is 15.7. The van der Waals surface area contributed by atoms with Crippen molar-refractivity contribution in [3.05, 3.63) is 41.0 Å². The van der Waals surface area contributed by atoms with E-state index in [1.165, 1.54) is 17.8 Å². The van der Waals surface area contributed by atoms with Crippen LogP contribution in [0.1, 0.15) is 58.8 Å². The second-order valence-corrected chi connectivity index (χ2v) is 8.97. The molecule has 1 N–H and O–H groups in total. The van der Waals surface area contributed by atoms with Crippen molar-refractivity contribution in [1.82, 2.24) is 5.32 Å². The Morgan fingerprint density at radius 1 is 1.42 bits per heavy atom. The molecule has 2 atom stereocenters. The molecule has 0 aliphatic carbocycles. The number of nitrogens with one attached hydrogen (secondary N) is 1. The molecule has 0 spiro atoms. The molecule has 0 radical (unpaired) electrons. The van der Waals surface area contributed by atoms with Gasteiger partial charge in [0.2, 0.25) is 5.91 Å². The molecule has 1 aromatic rings. The molecular weight excluding hydrogens is 446 g/mol. The van der Waals surface area contributed by atoms with Gasteiger partial charge in [-0.15, -0.1) is 11.8 Å². The Morgan fingerprint density at radius 2 is 2.18 bits per heavy atom. The van der Waals surface area contributed by atoms with Crippen molar-refractivity contribution in [2.24, 2.45) is 16.1 Å².